The lowest BCUT2D eigenvalue weighted by Gasteiger charge is -2.11. The van der Waals surface area contributed by atoms with Crippen molar-refractivity contribution in [2.45, 2.75) is 0 Å². The monoisotopic (exact) mass is 314 g/mol. The molecule has 3 rings (SSSR count). The maximum absolute atomic E-state index is 12.1. The molecular weight excluding hydrogens is 302 g/mol. The van der Waals surface area contributed by atoms with Crippen molar-refractivity contribution in [1.29, 1.82) is 0 Å². The lowest BCUT2D eigenvalue weighted by molar-refractivity contribution is 0.542. The lowest BCUT2D eigenvalue weighted by atomic mass is 10.0. The van der Waals surface area contributed by atoms with Gasteiger partial charge in [-0.2, -0.15) is 5.10 Å². The van der Waals surface area contributed by atoms with Gasteiger partial charge in [0.1, 0.15) is 0 Å². The molecule has 0 spiro atoms. The Labute approximate surface area is 128 Å². The smallest absolute Gasteiger partial charge is 0.274 e. The van der Waals surface area contributed by atoms with E-state index in [0.29, 0.717) is 16.8 Å². The van der Waals surface area contributed by atoms with E-state index >= 15 is 0 Å². The summed E-state index contributed by atoms with van der Waals surface area (Å²) in [4.78, 5) is 12.1. The van der Waals surface area contributed by atoms with Gasteiger partial charge in [0.15, 0.2) is 0 Å². The number of benzene rings is 2. The normalized spacial score (nSPS) is 12.3. The highest BCUT2D eigenvalue weighted by Crippen LogP contribution is 2.25. The van der Waals surface area contributed by atoms with Gasteiger partial charge in [0.2, 0.25) is 0 Å². The first-order valence-electron chi connectivity index (χ1n) is 6.48. The van der Waals surface area contributed by atoms with Crippen LogP contribution >= 0.6 is 0 Å². The zero-order valence-electron chi connectivity index (χ0n) is 11.6. The maximum Gasteiger partial charge on any atom is 0.274 e. The Morgan fingerprint density at radius 2 is 1.73 bits per heavy atom. The van der Waals surface area contributed by atoms with Crippen LogP contribution in [0.15, 0.2) is 53.3 Å². The average molecular weight is 314 g/mol. The van der Waals surface area contributed by atoms with Crippen LogP contribution < -0.4 is 10.3 Å². The summed E-state index contributed by atoms with van der Waals surface area (Å²) in [5.74, 6) is 0. The van der Waals surface area contributed by atoms with Gasteiger partial charge in [-0.1, -0.05) is 30.3 Å². The number of aryl methyl sites for hydroxylation is 1. The Bertz CT molecular complexity index is 919. The molecule has 3 aromatic rings. The van der Waals surface area contributed by atoms with E-state index in [1.165, 1.54) is 4.68 Å². The van der Waals surface area contributed by atoms with E-state index in [2.05, 4.69) is 9.82 Å². The van der Waals surface area contributed by atoms with E-state index in [9.17, 15) is 13.6 Å². The predicted molar refractivity (Wildman–Crippen MR) is 85.0 cm³/mol. The molecule has 22 heavy (non-hydrogen) atoms. The molecule has 1 N–H and O–H groups in total. The zero-order chi connectivity index (χ0) is 15.7. The molecule has 0 saturated heterocycles. The van der Waals surface area contributed by atoms with Crippen molar-refractivity contribution in [3.63, 3.8) is 0 Å². The van der Waals surface area contributed by atoms with Crippen molar-refractivity contribution < 1.29 is 8.76 Å². The molecule has 0 amide bonds. The Morgan fingerprint density at radius 3 is 2.36 bits per heavy atom. The van der Waals surface area contributed by atoms with Gasteiger partial charge in [0, 0.05) is 35.0 Å². The van der Waals surface area contributed by atoms with Crippen LogP contribution in [0.4, 0.5) is 5.69 Å². The minimum Gasteiger partial charge on any atom is -0.755 e. The Balaban J connectivity index is 2.16. The average Bonchev–Trinajstić information content (AvgIpc) is 2.51. The van der Waals surface area contributed by atoms with Crippen LogP contribution in [0.2, 0.25) is 0 Å². The highest BCUT2D eigenvalue weighted by Gasteiger charge is 2.10. The van der Waals surface area contributed by atoms with Crippen LogP contribution in [0, 0.1) is 0 Å². The fraction of sp³-hybridized carbons (Fsp3) is 0.0667. The van der Waals surface area contributed by atoms with Crippen molar-refractivity contribution in [3.8, 4) is 11.3 Å². The van der Waals surface area contributed by atoms with Crippen LogP contribution in [0.5, 0.6) is 0 Å². The molecule has 112 valence electrons. The molecule has 1 aromatic heterocycles. The number of hydrogen-bond donors (Lipinski definition) is 1. The van der Waals surface area contributed by atoms with Gasteiger partial charge in [-0.25, -0.2) is 4.68 Å². The van der Waals surface area contributed by atoms with Gasteiger partial charge in [0.25, 0.3) is 5.56 Å². The van der Waals surface area contributed by atoms with Gasteiger partial charge in [-0.05, 0) is 18.2 Å². The molecule has 0 aliphatic heterocycles. The first-order valence-corrected chi connectivity index (χ1v) is 7.56. The summed E-state index contributed by atoms with van der Waals surface area (Å²) in [6.07, 6.45) is 0. The van der Waals surface area contributed by atoms with Crippen molar-refractivity contribution in [2.75, 3.05) is 4.72 Å². The summed E-state index contributed by atoms with van der Waals surface area (Å²) in [5.41, 5.74) is 1.78. The Kier molecular flexibility index (Phi) is 3.74. The molecule has 0 saturated carbocycles. The van der Waals surface area contributed by atoms with Crippen molar-refractivity contribution in [1.82, 2.24) is 9.78 Å². The molecule has 0 radical (unpaired) electrons. The van der Waals surface area contributed by atoms with Gasteiger partial charge in [-0.15, -0.1) is 0 Å². The number of anilines is 1. The second-order valence-electron chi connectivity index (χ2n) is 4.74. The predicted octanol–water partition coefficient (Wildman–Crippen LogP) is 1.81. The number of rotatable bonds is 3. The largest absolute Gasteiger partial charge is 0.755 e. The van der Waals surface area contributed by atoms with Crippen LogP contribution in [-0.4, -0.2) is 18.5 Å². The van der Waals surface area contributed by atoms with Crippen molar-refractivity contribution >= 4 is 27.7 Å². The molecule has 1 unspecified atom stereocenters. The first-order chi connectivity index (χ1) is 10.6. The van der Waals surface area contributed by atoms with E-state index in [1.54, 1.807) is 37.4 Å². The fourth-order valence-electron chi connectivity index (χ4n) is 2.31. The highest BCUT2D eigenvalue weighted by atomic mass is 32.2. The molecule has 1 heterocycles. The van der Waals surface area contributed by atoms with Gasteiger partial charge < -0.3 is 9.27 Å². The van der Waals surface area contributed by atoms with Gasteiger partial charge in [0.05, 0.1) is 11.1 Å². The summed E-state index contributed by atoms with van der Waals surface area (Å²) in [6, 6.07) is 14.1. The number of aromatic nitrogens is 2. The van der Waals surface area contributed by atoms with Crippen molar-refractivity contribution in [2.24, 2.45) is 7.05 Å². The second kappa shape index (κ2) is 5.70. The highest BCUT2D eigenvalue weighted by molar-refractivity contribution is 7.80. The van der Waals surface area contributed by atoms with E-state index in [4.69, 9.17) is 0 Å². The Morgan fingerprint density at radius 1 is 1.09 bits per heavy atom. The molecule has 0 fully saturated rings. The third-order valence-corrected chi connectivity index (χ3v) is 3.72. The van der Waals surface area contributed by atoms with Crippen molar-refractivity contribution in [3.05, 3.63) is 58.9 Å². The van der Waals surface area contributed by atoms with E-state index in [0.717, 1.165) is 10.9 Å². The summed E-state index contributed by atoms with van der Waals surface area (Å²) < 4.78 is 24.8. The summed E-state index contributed by atoms with van der Waals surface area (Å²) in [7, 11) is 1.61. The van der Waals surface area contributed by atoms with Crippen LogP contribution in [0.3, 0.4) is 0 Å². The quantitative estimate of drug-likeness (QED) is 0.747. The minimum atomic E-state index is -2.36. The molecule has 1 atom stereocenters. The third-order valence-electron chi connectivity index (χ3n) is 3.32. The van der Waals surface area contributed by atoms with Gasteiger partial charge in [-0.3, -0.25) is 9.00 Å². The number of hydrogen-bond acceptors (Lipinski definition) is 4. The topological polar surface area (TPSA) is 87.1 Å². The summed E-state index contributed by atoms with van der Waals surface area (Å²) in [5, 5.41) is 5.68. The molecular formula is C15H12N3O3S-. The summed E-state index contributed by atoms with van der Waals surface area (Å²) in [6.45, 7) is 0. The molecule has 7 heteroatoms. The van der Waals surface area contributed by atoms with Crippen LogP contribution in [-0.2, 0) is 18.3 Å². The standard InChI is InChI=1S/C15H13N3O3S/c1-18-15(19)13-5-3-2-4-12(13)14(16-18)10-6-8-11(9-7-10)17-22(20)21/h2-9,17H,1H3,(H,20,21)/p-1. The third kappa shape index (κ3) is 2.63. The molecule has 6 nitrogen and oxygen atoms in total. The molecule has 0 aliphatic rings. The van der Waals surface area contributed by atoms with Crippen LogP contribution in [0.25, 0.3) is 22.0 Å². The van der Waals surface area contributed by atoms with E-state index in [1.807, 2.05) is 18.2 Å². The van der Waals surface area contributed by atoms with Crippen LogP contribution in [0.1, 0.15) is 0 Å². The molecule has 2 aromatic carbocycles. The summed E-state index contributed by atoms with van der Waals surface area (Å²) >= 11 is -2.36. The maximum atomic E-state index is 12.1. The van der Waals surface area contributed by atoms with Gasteiger partial charge >= 0.3 is 0 Å². The first kappa shape index (κ1) is 14.4. The minimum absolute atomic E-state index is 0.153. The molecule has 0 aliphatic carbocycles. The SMILES string of the molecule is Cn1nc(-c2ccc(NS(=O)[O-])cc2)c2ccccc2c1=O. The van der Waals surface area contributed by atoms with E-state index in [-0.39, 0.29) is 5.56 Å². The lowest BCUT2D eigenvalue weighted by Crippen LogP contribution is -2.20. The fourth-order valence-corrected chi connectivity index (χ4v) is 2.63. The van der Waals surface area contributed by atoms with E-state index < -0.39 is 11.3 Å². The number of fused-ring (bicyclic) bond motifs is 1. The second-order valence-corrected chi connectivity index (χ2v) is 5.41. The zero-order valence-corrected chi connectivity index (χ0v) is 12.5. The number of nitrogens with one attached hydrogen (secondary N) is 1. The number of nitrogens with zero attached hydrogens (tertiary/aromatic N) is 2. The molecule has 0 bridgehead atoms. The Hall–Kier alpha value is -2.51.